The molecule has 0 unspecified atom stereocenters. The number of aromatic nitrogens is 2. The predicted octanol–water partition coefficient (Wildman–Crippen LogP) is 0.808. The van der Waals surface area contributed by atoms with Gasteiger partial charge in [-0.3, -0.25) is 9.59 Å². The zero-order valence-electron chi connectivity index (χ0n) is 14.3. The van der Waals surface area contributed by atoms with Gasteiger partial charge in [0.2, 0.25) is 5.91 Å². The van der Waals surface area contributed by atoms with Gasteiger partial charge in [0, 0.05) is 12.8 Å². The Morgan fingerprint density at radius 2 is 1.92 bits per heavy atom. The number of carbonyl (C=O) groups is 2. The monoisotopic (exact) mass is 367 g/mol. The van der Waals surface area contributed by atoms with E-state index in [2.05, 4.69) is 10.3 Å². The van der Waals surface area contributed by atoms with Gasteiger partial charge in [0.25, 0.3) is 0 Å². The molecule has 0 radical (unpaired) electrons. The smallest absolute Gasteiger partial charge is 0.310 e. The zero-order chi connectivity index (χ0) is 18.8. The Morgan fingerprint density at radius 3 is 2.52 bits per heavy atom. The lowest BCUT2D eigenvalue weighted by molar-refractivity contribution is -0.146. The number of hydrogen-bond acceptors (Lipinski definition) is 5. The summed E-state index contributed by atoms with van der Waals surface area (Å²) < 4.78 is 24.8. The third kappa shape index (κ3) is 4.79. The third-order valence-electron chi connectivity index (χ3n) is 3.73. The van der Waals surface area contributed by atoms with E-state index in [9.17, 15) is 18.0 Å². The molecule has 0 bridgehead atoms. The normalized spacial score (nSPS) is 12.3. The van der Waals surface area contributed by atoms with Gasteiger partial charge in [0.05, 0.1) is 16.4 Å². The summed E-state index contributed by atoms with van der Waals surface area (Å²) in [4.78, 5) is 27.6. The summed E-state index contributed by atoms with van der Waals surface area (Å²) in [5.41, 5.74) is 0.149. The first kappa shape index (κ1) is 18.9. The van der Waals surface area contributed by atoms with Gasteiger partial charge in [-0.1, -0.05) is 12.1 Å². The first-order chi connectivity index (χ1) is 11.5. The highest BCUT2D eigenvalue weighted by Gasteiger charge is 2.27. The van der Waals surface area contributed by atoms with Crippen molar-refractivity contribution in [3.05, 3.63) is 30.1 Å². The van der Waals surface area contributed by atoms with Crippen LogP contribution in [-0.4, -0.2) is 47.8 Å². The summed E-state index contributed by atoms with van der Waals surface area (Å²) >= 11 is 0. The predicted molar refractivity (Wildman–Crippen MR) is 92.7 cm³/mol. The number of carboxylic acids is 1. The van der Waals surface area contributed by atoms with Crippen LogP contribution in [-0.2, 0) is 31.7 Å². The summed E-state index contributed by atoms with van der Waals surface area (Å²) in [5.74, 6) is -1.43. The lowest BCUT2D eigenvalue weighted by Crippen LogP contribution is -2.40. The molecule has 0 aliphatic carbocycles. The van der Waals surface area contributed by atoms with Crippen molar-refractivity contribution in [1.29, 1.82) is 0 Å². The van der Waals surface area contributed by atoms with E-state index in [0.29, 0.717) is 11.0 Å². The van der Waals surface area contributed by atoms with E-state index in [1.165, 1.54) is 13.8 Å². The molecule has 136 valence electrons. The van der Waals surface area contributed by atoms with Crippen LogP contribution in [0.4, 0.5) is 0 Å². The molecule has 2 aromatic rings. The molecule has 0 saturated carbocycles. The second-order valence-corrected chi connectivity index (χ2v) is 8.78. The number of amides is 1. The van der Waals surface area contributed by atoms with E-state index in [1.54, 1.807) is 28.8 Å². The number of nitrogens with zero attached hydrogens (tertiary/aromatic N) is 2. The van der Waals surface area contributed by atoms with Crippen LogP contribution in [0.15, 0.2) is 24.3 Å². The molecule has 0 atom stereocenters. The van der Waals surface area contributed by atoms with Gasteiger partial charge in [0.1, 0.15) is 18.1 Å². The molecule has 8 nitrogen and oxygen atoms in total. The fourth-order valence-electron chi connectivity index (χ4n) is 2.24. The fraction of sp³-hybridized carbons (Fsp3) is 0.438. The van der Waals surface area contributed by atoms with Gasteiger partial charge in [0.15, 0.2) is 9.84 Å². The second kappa shape index (κ2) is 6.83. The number of imidazole rings is 1. The molecule has 1 aromatic heterocycles. The Labute approximate surface area is 145 Å². The molecule has 25 heavy (non-hydrogen) atoms. The Hall–Kier alpha value is -2.42. The number of nitrogens with one attached hydrogen (secondary N) is 1. The van der Waals surface area contributed by atoms with Gasteiger partial charge in [-0.25, -0.2) is 13.4 Å². The summed E-state index contributed by atoms with van der Waals surface area (Å²) in [6.07, 6.45) is 1.10. The standard InChI is InChI=1S/C16H21N3O5S/c1-16(2,15(21)22)10-17-14(20)8-19-12-7-5-4-6-11(12)18-13(19)9-25(3,23)24/h4-7H,8-10H2,1-3H3,(H,17,20)(H,21,22). The average Bonchev–Trinajstić information content (AvgIpc) is 2.81. The van der Waals surface area contributed by atoms with E-state index < -0.39 is 27.1 Å². The number of hydrogen-bond donors (Lipinski definition) is 2. The lowest BCUT2D eigenvalue weighted by atomic mass is 9.94. The van der Waals surface area contributed by atoms with Gasteiger partial charge in [-0.2, -0.15) is 0 Å². The number of carboxylic acid groups (broad SMARTS) is 1. The van der Waals surface area contributed by atoms with Gasteiger partial charge < -0.3 is 15.0 Å². The van der Waals surface area contributed by atoms with Crippen molar-refractivity contribution in [2.45, 2.75) is 26.1 Å². The van der Waals surface area contributed by atoms with Gasteiger partial charge >= 0.3 is 5.97 Å². The average molecular weight is 367 g/mol. The minimum Gasteiger partial charge on any atom is -0.481 e. The SMILES string of the molecule is CC(C)(CNC(=O)Cn1c(CS(C)(=O)=O)nc2ccccc21)C(=O)O. The van der Waals surface area contributed by atoms with Crippen molar-refractivity contribution >= 4 is 32.7 Å². The van der Waals surface area contributed by atoms with Gasteiger partial charge in [-0.05, 0) is 26.0 Å². The quantitative estimate of drug-likeness (QED) is 0.747. The molecule has 0 spiro atoms. The maximum atomic E-state index is 12.2. The highest BCUT2D eigenvalue weighted by Crippen LogP contribution is 2.18. The Balaban J connectivity index is 2.25. The number of benzene rings is 1. The van der Waals surface area contributed by atoms with Crippen LogP contribution in [0.2, 0.25) is 0 Å². The van der Waals surface area contributed by atoms with Crippen LogP contribution in [0, 0.1) is 5.41 Å². The molecular weight excluding hydrogens is 346 g/mol. The topological polar surface area (TPSA) is 118 Å². The Bertz CT molecular complexity index is 915. The second-order valence-electron chi connectivity index (χ2n) is 6.64. The molecule has 0 aliphatic heterocycles. The van der Waals surface area contributed by atoms with Crippen molar-refractivity contribution in [2.75, 3.05) is 12.8 Å². The molecule has 0 saturated heterocycles. The number of rotatable bonds is 7. The molecule has 9 heteroatoms. The molecule has 1 heterocycles. The number of sulfone groups is 1. The minimum atomic E-state index is -3.32. The Morgan fingerprint density at radius 1 is 1.28 bits per heavy atom. The summed E-state index contributed by atoms with van der Waals surface area (Å²) in [7, 11) is -3.32. The molecule has 0 fully saturated rings. The van der Waals surface area contributed by atoms with E-state index >= 15 is 0 Å². The van der Waals surface area contributed by atoms with Gasteiger partial charge in [-0.15, -0.1) is 0 Å². The van der Waals surface area contributed by atoms with Crippen molar-refractivity contribution < 1.29 is 23.1 Å². The highest BCUT2D eigenvalue weighted by molar-refractivity contribution is 7.89. The van der Waals surface area contributed by atoms with Crippen molar-refractivity contribution in [3.8, 4) is 0 Å². The highest BCUT2D eigenvalue weighted by atomic mass is 32.2. The number of carbonyl (C=O) groups excluding carboxylic acids is 1. The molecule has 0 aliphatic rings. The maximum absolute atomic E-state index is 12.2. The van der Waals surface area contributed by atoms with E-state index in [4.69, 9.17) is 5.11 Å². The molecule has 2 N–H and O–H groups in total. The Kier molecular flexibility index (Phi) is 5.17. The zero-order valence-corrected chi connectivity index (χ0v) is 15.1. The molecule has 2 rings (SSSR count). The number of aliphatic carboxylic acids is 1. The van der Waals surface area contributed by atoms with Crippen LogP contribution in [0.3, 0.4) is 0 Å². The van der Waals surface area contributed by atoms with Crippen LogP contribution < -0.4 is 5.32 Å². The number of para-hydroxylation sites is 2. The third-order valence-corrected chi connectivity index (χ3v) is 4.52. The van der Waals surface area contributed by atoms with Crippen LogP contribution >= 0.6 is 0 Å². The van der Waals surface area contributed by atoms with E-state index in [1.807, 2.05) is 0 Å². The first-order valence-electron chi connectivity index (χ1n) is 7.61. The number of fused-ring (bicyclic) bond motifs is 1. The largest absolute Gasteiger partial charge is 0.481 e. The fourth-order valence-corrected chi connectivity index (χ4v) is 2.93. The summed E-state index contributed by atoms with van der Waals surface area (Å²) in [5, 5.41) is 11.7. The first-order valence-corrected chi connectivity index (χ1v) is 9.67. The van der Waals surface area contributed by atoms with Crippen molar-refractivity contribution in [1.82, 2.24) is 14.9 Å². The summed E-state index contributed by atoms with van der Waals surface area (Å²) in [6, 6.07) is 7.04. The van der Waals surface area contributed by atoms with Crippen LogP contribution in [0.25, 0.3) is 11.0 Å². The van der Waals surface area contributed by atoms with Crippen molar-refractivity contribution in [3.63, 3.8) is 0 Å². The maximum Gasteiger partial charge on any atom is 0.310 e. The molecular formula is C16H21N3O5S. The minimum absolute atomic E-state index is 0.0325. The molecule has 1 aromatic carbocycles. The van der Waals surface area contributed by atoms with Crippen molar-refractivity contribution in [2.24, 2.45) is 5.41 Å². The summed E-state index contributed by atoms with van der Waals surface area (Å²) in [6.45, 7) is 2.85. The van der Waals surface area contributed by atoms with E-state index in [0.717, 1.165) is 6.26 Å². The lowest BCUT2D eigenvalue weighted by Gasteiger charge is -2.19. The van der Waals surface area contributed by atoms with E-state index in [-0.39, 0.29) is 24.7 Å². The van der Waals surface area contributed by atoms with Crippen LogP contribution in [0.1, 0.15) is 19.7 Å². The molecule has 1 amide bonds. The van der Waals surface area contributed by atoms with Crippen LogP contribution in [0.5, 0.6) is 0 Å².